The molecule has 0 N–H and O–H groups in total. The summed E-state index contributed by atoms with van der Waals surface area (Å²) in [4.78, 5) is 56.1. The first-order valence-corrected chi connectivity index (χ1v) is 11.3. The van der Waals surface area contributed by atoms with Gasteiger partial charge in [-0.15, -0.1) is 0 Å². The van der Waals surface area contributed by atoms with Crippen molar-refractivity contribution in [2.24, 2.45) is 11.8 Å². The number of Topliss-reactive ketones (excluding diaryl/α,β-unsaturated/α-hetero) is 2. The van der Waals surface area contributed by atoms with Gasteiger partial charge in [-0.2, -0.15) is 0 Å². The molecule has 2 saturated heterocycles. The molecule has 3 aromatic rings. The first-order chi connectivity index (χ1) is 16.4. The predicted molar refractivity (Wildman–Crippen MR) is 124 cm³/mol. The predicted octanol–water partition coefficient (Wildman–Crippen LogP) is 4.34. The first-order valence-electron chi connectivity index (χ1n) is 10.9. The Morgan fingerprint density at radius 2 is 1.38 bits per heavy atom. The second kappa shape index (κ2) is 7.19. The van der Waals surface area contributed by atoms with Gasteiger partial charge in [0.2, 0.25) is 29.0 Å². The molecule has 168 valence electrons. The molecule has 6 rings (SSSR count). The smallest absolute Gasteiger partial charge is 0.241 e. The molecular weight excluding hydrogens is 454 g/mol. The van der Waals surface area contributed by atoms with E-state index >= 15 is 0 Å². The number of nitrogens with zero attached hydrogens (tertiary/aromatic N) is 1. The summed E-state index contributed by atoms with van der Waals surface area (Å²) in [5.74, 6) is -4.69. The Hall–Kier alpha value is -3.61. The summed E-state index contributed by atoms with van der Waals surface area (Å²) in [6.07, 6.45) is -1.03. The number of hydrogen-bond acceptors (Lipinski definition) is 5. The minimum Gasteiger partial charge on any atom is -0.349 e. The van der Waals surface area contributed by atoms with Crippen LogP contribution in [0.25, 0.3) is 0 Å². The lowest BCUT2D eigenvalue weighted by Gasteiger charge is -2.27. The van der Waals surface area contributed by atoms with Gasteiger partial charge in [0.15, 0.2) is 0 Å². The summed E-state index contributed by atoms with van der Waals surface area (Å²) < 4.78 is 6.24. The van der Waals surface area contributed by atoms with Crippen molar-refractivity contribution in [3.05, 3.63) is 100 Å². The van der Waals surface area contributed by atoms with E-state index in [0.29, 0.717) is 16.3 Å². The number of imide groups is 1. The molecule has 3 aliphatic rings. The maximum atomic E-state index is 13.8. The number of fused-ring (bicyclic) bond motifs is 3. The van der Waals surface area contributed by atoms with E-state index in [9.17, 15) is 19.2 Å². The monoisotopic (exact) mass is 471 g/mol. The average Bonchev–Trinajstić information content (AvgIpc) is 3.40. The molecule has 1 aliphatic carbocycles. The van der Waals surface area contributed by atoms with Crippen molar-refractivity contribution in [2.75, 3.05) is 4.90 Å². The van der Waals surface area contributed by atoms with Gasteiger partial charge in [0.1, 0.15) is 0 Å². The van der Waals surface area contributed by atoms with Crippen molar-refractivity contribution in [1.29, 1.82) is 0 Å². The van der Waals surface area contributed by atoms with Gasteiger partial charge in [-0.25, -0.2) is 4.90 Å². The van der Waals surface area contributed by atoms with E-state index in [-0.39, 0.29) is 11.1 Å². The lowest BCUT2D eigenvalue weighted by molar-refractivity contribution is -0.127. The second-order valence-corrected chi connectivity index (χ2v) is 9.26. The van der Waals surface area contributed by atoms with Crippen LogP contribution in [0.4, 0.5) is 5.69 Å². The molecule has 2 heterocycles. The lowest BCUT2D eigenvalue weighted by atomic mass is 9.77. The molecule has 7 heteroatoms. The zero-order valence-electron chi connectivity index (χ0n) is 18.0. The fraction of sp³-hybridized carbons (Fsp3) is 0.185. The minimum absolute atomic E-state index is 0.195. The zero-order chi connectivity index (χ0) is 23.8. The van der Waals surface area contributed by atoms with Crippen molar-refractivity contribution in [1.82, 2.24) is 0 Å². The van der Waals surface area contributed by atoms with E-state index in [2.05, 4.69) is 0 Å². The molecule has 0 radical (unpaired) electrons. The van der Waals surface area contributed by atoms with Gasteiger partial charge in [-0.1, -0.05) is 71.8 Å². The number of anilines is 1. The fourth-order valence-corrected chi connectivity index (χ4v) is 5.70. The van der Waals surface area contributed by atoms with Crippen molar-refractivity contribution < 1.29 is 23.9 Å². The molecule has 3 atom stereocenters. The zero-order valence-corrected chi connectivity index (χ0v) is 18.8. The van der Waals surface area contributed by atoms with Gasteiger partial charge < -0.3 is 4.74 Å². The summed E-state index contributed by atoms with van der Waals surface area (Å²) >= 11 is 6.45. The number of carbonyl (C=O) groups excluding carboxylic acids is 4. The number of ether oxygens (including phenoxy) is 1. The molecule has 6 nitrogen and oxygen atoms in total. The van der Waals surface area contributed by atoms with Crippen molar-refractivity contribution in [3.8, 4) is 0 Å². The van der Waals surface area contributed by atoms with Crippen LogP contribution in [-0.2, 0) is 14.3 Å². The van der Waals surface area contributed by atoms with Crippen LogP contribution in [0.1, 0.15) is 37.9 Å². The van der Waals surface area contributed by atoms with E-state index in [4.69, 9.17) is 16.3 Å². The van der Waals surface area contributed by atoms with Crippen LogP contribution in [0, 0.1) is 18.8 Å². The normalized spacial score (nSPS) is 24.8. The Morgan fingerprint density at radius 3 is 2.00 bits per heavy atom. The van der Waals surface area contributed by atoms with Crippen LogP contribution in [0.3, 0.4) is 0 Å². The van der Waals surface area contributed by atoms with E-state index in [0.717, 1.165) is 10.5 Å². The molecule has 2 fully saturated rings. The number of rotatable bonds is 2. The van der Waals surface area contributed by atoms with Crippen LogP contribution in [0.15, 0.2) is 72.8 Å². The van der Waals surface area contributed by atoms with Gasteiger partial charge >= 0.3 is 0 Å². The van der Waals surface area contributed by atoms with Crippen LogP contribution >= 0.6 is 11.6 Å². The second-order valence-electron chi connectivity index (χ2n) is 8.85. The van der Waals surface area contributed by atoms with E-state index in [1.807, 2.05) is 6.92 Å². The lowest BCUT2D eigenvalue weighted by Crippen LogP contribution is -2.51. The molecule has 34 heavy (non-hydrogen) atoms. The van der Waals surface area contributed by atoms with Crippen molar-refractivity contribution >= 4 is 40.7 Å². The molecule has 0 aromatic heterocycles. The number of amides is 2. The summed E-state index contributed by atoms with van der Waals surface area (Å²) in [6, 6.07) is 20.1. The van der Waals surface area contributed by atoms with Gasteiger partial charge in [-0.3, -0.25) is 19.2 Å². The standard InChI is InChI=1S/C27H18ClNO5/c1-14-10-12-15(13-11-14)29-25(32)20-21(26(29)33)27(34-22(20)18-8-4-5-9-19(18)28)23(30)16-6-2-3-7-17(16)24(27)31/h2-13,20-22H,1H3/t20-,21+,22-/m0/s1. The molecule has 1 spiro atoms. The highest BCUT2D eigenvalue weighted by Gasteiger charge is 2.74. The van der Waals surface area contributed by atoms with Gasteiger partial charge in [0, 0.05) is 21.7 Å². The average molecular weight is 472 g/mol. The van der Waals surface area contributed by atoms with Crippen molar-refractivity contribution in [3.63, 3.8) is 0 Å². The molecule has 0 saturated carbocycles. The third-order valence-corrected chi connectivity index (χ3v) is 7.37. The summed E-state index contributed by atoms with van der Waals surface area (Å²) in [6.45, 7) is 1.90. The molecule has 3 aromatic carbocycles. The SMILES string of the molecule is Cc1ccc(N2C(=O)[C@@H]3[C@H](c4ccccc4Cl)OC4(C(=O)c5ccccc5C4=O)[C@H]3C2=O)cc1. The van der Waals surface area contributed by atoms with Crippen molar-refractivity contribution in [2.45, 2.75) is 18.6 Å². The first kappa shape index (κ1) is 21.0. The number of ketones is 2. The van der Waals surface area contributed by atoms with Gasteiger partial charge in [0.25, 0.3) is 0 Å². The highest BCUT2D eigenvalue weighted by molar-refractivity contribution is 6.37. The summed E-state index contributed by atoms with van der Waals surface area (Å²) in [5.41, 5.74) is 0.0937. The van der Waals surface area contributed by atoms with Gasteiger partial charge in [-0.05, 0) is 25.1 Å². The molecular formula is C27H18ClNO5. The third-order valence-electron chi connectivity index (χ3n) is 7.02. The molecule has 2 aliphatic heterocycles. The third kappa shape index (κ3) is 2.55. The highest BCUT2D eigenvalue weighted by Crippen LogP contribution is 2.58. The highest BCUT2D eigenvalue weighted by atomic mass is 35.5. The minimum atomic E-state index is -2.11. The number of halogens is 1. The Balaban J connectivity index is 1.56. The number of aryl methyl sites for hydroxylation is 1. The van der Waals surface area contributed by atoms with Crippen LogP contribution in [0.2, 0.25) is 5.02 Å². The molecule has 0 unspecified atom stereocenters. The fourth-order valence-electron chi connectivity index (χ4n) is 5.45. The maximum Gasteiger partial charge on any atom is 0.241 e. The summed E-state index contributed by atoms with van der Waals surface area (Å²) in [7, 11) is 0. The number of carbonyl (C=O) groups is 4. The number of benzene rings is 3. The largest absolute Gasteiger partial charge is 0.349 e. The van der Waals surface area contributed by atoms with Crippen LogP contribution < -0.4 is 4.90 Å². The topological polar surface area (TPSA) is 80.8 Å². The Bertz CT molecular complexity index is 1380. The molecule has 2 amide bonds. The van der Waals surface area contributed by atoms with E-state index in [1.54, 1.807) is 72.8 Å². The quantitative estimate of drug-likeness (QED) is 0.410. The Labute approximate surface area is 200 Å². The maximum absolute atomic E-state index is 13.8. The van der Waals surface area contributed by atoms with Crippen LogP contribution in [-0.4, -0.2) is 29.0 Å². The van der Waals surface area contributed by atoms with Gasteiger partial charge in [0.05, 0.1) is 23.6 Å². The Morgan fingerprint density at radius 1 is 0.794 bits per heavy atom. The molecule has 0 bridgehead atoms. The van der Waals surface area contributed by atoms with E-state index < -0.39 is 46.9 Å². The van der Waals surface area contributed by atoms with Crippen LogP contribution in [0.5, 0.6) is 0 Å². The Kier molecular flexibility index (Phi) is 4.43. The number of hydrogen-bond donors (Lipinski definition) is 0. The summed E-state index contributed by atoms with van der Waals surface area (Å²) in [5, 5.41) is 0.327. The van der Waals surface area contributed by atoms with E-state index in [1.165, 1.54) is 0 Å².